The smallest absolute Gasteiger partial charge is 0.326 e. The zero-order valence-corrected chi connectivity index (χ0v) is 29.3. The van der Waals surface area contributed by atoms with Crippen LogP contribution in [0.15, 0.2) is 62.4 Å². The minimum Gasteiger partial charge on any atom is -0.506 e. The highest BCUT2D eigenvalue weighted by molar-refractivity contribution is 9.11. The average molecular weight is 758 g/mol. The Morgan fingerprint density at radius 2 is 1.48 bits per heavy atom. The van der Waals surface area contributed by atoms with Crippen LogP contribution in [0.5, 0.6) is 5.75 Å². The molecule has 46 heavy (non-hydrogen) atoms. The summed E-state index contributed by atoms with van der Waals surface area (Å²) in [6.07, 6.45) is 8.25. The first-order valence-electron chi connectivity index (χ1n) is 16.6. The van der Waals surface area contributed by atoms with E-state index in [2.05, 4.69) is 42.2 Å². The number of phenolic OH excluding ortho intramolecular Hbond substituents is 1. The van der Waals surface area contributed by atoms with Gasteiger partial charge in [-0.1, -0.05) is 30.3 Å². The van der Waals surface area contributed by atoms with Crippen LogP contribution in [0.2, 0.25) is 0 Å². The number of aromatic amines is 1. The van der Waals surface area contributed by atoms with E-state index in [1.54, 1.807) is 4.57 Å². The molecular formula is C35H43Br2N5O4. The van der Waals surface area contributed by atoms with Gasteiger partial charge in [-0.05, 0) is 125 Å². The number of carbonyl (C=O) groups is 2. The molecule has 0 bridgehead atoms. The number of hydrogen-bond acceptors (Lipinski definition) is 5. The second-order valence-electron chi connectivity index (χ2n) is 13.1. The zero-order chi connectivity index (χ0) is 32.2. The van der Waals surface area contributed by atoms with Crippen molar-refractivity contribution in [2.75, 3.05) is 39.3 Å². The fraction of sp³-hybridized carbons (Fsp3) is 0.514. The molecule has 0 spiro atoms. The van der Waals surface area contributed by atoms with Gasteiger partial charge < -0.3 is 25.2 Å². The summed E-state index contributed by atoms with van der Waals surface area (Å²) >= 11 is 6.84. The monoisotopic (exact) mass is 755 g/mol. The molecule has 0 aliphatic carbocycles. The summed E-state index contributed by atoms with van der Waals surface area (Å²) in [5.74, 6) is 1.03. The molecule has 2 aromatic carbocycles. The number of nitrogens with zero attached hydrogens (tertiary/aromatic N) is 3. The first-order chi connectivity index (χ1) is 22.3. The maximum absolute atomic E-state index is 14.1. The van der Waals surface area contributed by atoms with Crippen LogP contribution in [-0.4, -0.2) is 75.5 Å². The molecule has 6 rings (SSSR count). The van der Waals surface area contributed by atoms with Gasteiger partial charge in [0.15, 0.2) is 0 Å². The topological polar surface area (TPSA) is 111 Å². The maximum Gasteiger partial charge on any atom is 0.326 e. The predicted octanol–water partition coefficient (Wildman–Crippen LogP) is 5.72. The maximum atomic E-state index is 14.1. The standard InChI is InChI=1S/C35H43Br2N5O4/c36-29-19-23(20-30(37)33(29)44)18-27(34(45)41-14-8-25(9-15-41)24-6-12-38-13-7-24)21-32(43)40-16-10-28(11-17-40)42-22-31(39-35(42)46)26-4-2-1-3-5-26/h1-5,19-20,22,24-25,27-28,38,44H,6-18,21H2,(H,39,46). The number of amides is 2. The highest BCUT2D eigenvalue weighted by Crippen LogP contribution is 2.36. The molecular weight excluding hydrogens is 714 g/mol. The lowest BCUT2D eigenvalue weighted by atomic mass is 9.79. The molecule has 3 N–H and O–H groups in total. The van der Waals surface area contributed by atoms with Gasteiger partial charge in [-0.3, -0.25) is 14.2 Å². The van der Waals surface area contributed by atoms with Crippen molar-refractivity contribution < 1.29 is 14.7 Å². The molecule has 1 atom stereocenters. The highest BCUT2D eigenvalue weighted by Gasteiger charge is 2.34. The van der Waals surface area contributed by atoms with E-state index in [0.717, 1.165) is 61.8 Å². The lowest BCUT2D eigenvalue weighted by Gasteiger charge is -2.39. The molecule has 0 radical (unpaired) electrons. The number of phenols is 1. The molecule has 1 unspecified atom stereocenters. The largest absolute Gasteiger partial charge is 0.506 e. The number of halogens is 2. The number of rotatable bonds is 8. The van der Waals surface area contributed by atoms with Gasteiger partial charge in [0.1, 0.15) is 5.75 Å². The number of likely N-dealkylation sites (tertiary alicyclic amines) is 2. The van der Waals surface area contributed by atoms with E-state index >= 15 is 0 Å². The first-order valence-corrected chi connectivity index (χ1v) is 18.2. The minimum absolute atomic E-state index is 0.00984. The van der Waals surface area contributed by atoms with Gasteiger partial charge in [-0.25, -0.2) is 4.79 Å². The van der Waals surface area contributed by atoms with Crippen LogP contribution >= 0.6 is 31.9 Å². The minimum atomic E-state index is -0.496. The van der Waals surface area contributed by atoms with Crippen molar-refractivity contribution in [3.63, 3.8) is 0 Å². The molecule has 4 heterocycles. The van der Waals surface area contributed by atoms with Gasteiger partial charge in [-0.15, -0.1) is 0 Å². The third kappa shape index (κ3) is 7.63. The van der Waals surface area contributed by atoms with Crippen LogP contribution in [0.3, 0.4) is 0 Å². The highest BCUT2D eigenvalue weighted by atomic mass is 79.9. The van der Waals surface area contributed by atoms with E-state index in [1.165, 1.54) is 12.8 Å². The van der Waals surface area contributed by atoms with Gasteiger partial charge in [-0.2, -0.15) is 0 Å². The summed E-state index contributed by atoms with van der Waals surface area (Å²) < 4.78 is 2.87. The van der Waals surface area contributed by atoms with E-state index in [1.807, 2.05) is 58.5 Å². The normalized spacial score (nSPS) is 19.3. The van der Waals surface area contributed by atoms with Gasteiger partial charge in [0, 0.05) is 44.8 Å². The number of nitrogens with one attached hydrogen (secondary N) is 2. The summed E-state index contributed by atoms with van der Waals surface area (Å²) in [7, 11) is 0. The molecule has 3 fully saturated rings. The number of imidazole rings is 1. The summed E-state index contributed by atoms with van der Waals surface area (Å²) in [6.45, 7) is 4.73. The second-order valence-corrected chi connectivity index (χ2v) is 14.8. The van der Waals surface area contributed by atoms with Crippen LogP contribution in [0.4, 0.5) is 0 Å². The van der Waals surface area contributed by atoms with Crippen LogP contribution in [-0.2, 0) is 16.0 Å². The van der Waals surface area contributed by atoms with Crippen LogP contribution in [0.1, 0.15) is 56.6 Å². The number of carbonyl (C=O) groups excluding carboxylic acids is 2. The SMILES string of the molecule is O=C(CC(Cc1cc(Br)c(O)c(Br)c1)C(=O)N1CCC(C2CCNCC2)CC1)N1CCC(n2cc(-c3ccccc3)[nH]c2=O)CC1. The molecule has 9 nitrogen and oxygen atoms in total. The number of benzene rings is 2. The Bertz CT molecular complexity index is 1550. The zero-order valence-electron chi connectivity index (χ0n) is 26.1. The van der Waals surface area contributed by atoms with Gasteiger partial charge in [0.2, 0.25) is 11.8 Å². The molecule has 1 aromatic heterocycles. The van der Waals surface area contributed by atoms with Crippen molar-refractivity contribution in [1.29, 1.82) is 0 Å². The third-order valence-corrected chi connectivity index (χ3v) is 11.5. The van der Waals surface area contributed by atoms with Crippen molar-refractivity contribution in [2.24, 2.45) is 17.8 Å². The fourth-order valence-corrected chi connectivity index (χ4v) is 8.89. The summed E-state index contributed by atoms with van der Waals surface area (Å²) in [4.78, 5) is 47.4. The van der Waals surface area contributed by atoms with E-state index in [0.29, 0.717) is 47.2 Å². The quantitative estimate of drug-likeness (QED) is 0.272. The molecule has 0 saturated carbocycles. The molecule has 3 aromatic rings. The predicted molar refractivity (Wildman–Crippen MR) is 186 cm³/mol. The van der Waals surface area contributed by atoms with Gasteiger partial charge in [0.25, 0.3) is 0 Å². The van der Waals surface area contributed by atoms with E-state index < -0.39 is 5.92 Å². The Kier molecular flexibility index (Phi) is 10.7. The summed E-state index contributed by atoms with van der Waals surface area (Å²) in [5.41, 5.74) is 2.50. The van der Waals surface area contributed by atoms with Gasteiger partial charge in [0.05, 0.1) is 20.6 Å². The Hall–Kier alpha value is -2.89. The Labute approximate surface area is 287 Å². The molecule has 3 saturated heterocycles. The van der Waals surface area contributed by atoms with E-state index in [-0.39, 0.29) is 35.7 Å². The Morgan fingerprint density at radius 1 is 0.870 bits per heavy atom. The number of aromatic hydroxyl groups is 1. The lowest BCUT2D eigenvalue weighted by Crippen LogP contribution is -2.46. The van der Waals surface area contributed by atoms with E-state index in [4.69, 9.17) is 0 Å². The number of H-pyrrole nitrogens is 1. The fourth-order valence-electron chi connectivity index (χ4n) is 7.61. The lowest BCUT2D eigenvalue weighted by molar-refractivity contribution is -0.143. The number of piperidine rings is 3. The number of hydrogen-bond donors (Lipinski definition) is 3. The molecule has 11 heteroatoms. The van der Waals surface area contributed by atoms with Crippen LogP contribution in [0, 0.1) is 17.8 Å². The first kappa shape index (κ1) is 33.0. The van der Waals surface area contributed by atoms with Crippen molar-refractivity contribution >= 4 is 43.7 Å². The van der Waals surface area contributed by atoms with Crippen LogP contribution in [0.25, 0.3) is 11.3 Å². The Balaban J connectivity index is 1.11. The van der Waals surface area contributed by atoms with Gasteiger partial charge >= 0.3 is 5.69 Å². The molecule has 3 aliphatic heterocycles. The molecule has 3 aliphatic rings. The number of aromatic nitrogens is 2. The van der Waals surface area contributed by atoms with Crippen molar-refractivity contribution in [3.05, 3.63) is 73.7 Å². The third-order valence-electron chi connectivity index (χ3n) is 10.3. The summed E-state index contributed by atoms with van der Waals surface area (Å²) in [6, 6.07) is 13.5. The van der Waals surface area contributed by atoms with Crippen molar-refractivity contribution in [2.45, 2.75) is 57.4 Å². The average Bonchev–Trinajstić information content (AvgIpc) is 3.48. The van der Waals surface area contributed by atoms with E-state index in [9.17, 15) is 19.5 Å². The summed E-state index contributed by atoms with van der Waals surface area (Å²) in [5, 5.41) is 13.7. The van der Waals surface area contributed by atoms with Crippen LogP contribution < -0.4 is 11.0 Å². The van der Waals surface area contributed by atoms with Crippen molar-refractivity contribution in [1.82, 2.24) is 24.7 Å². The Morgan fingerprint density at radius 3 is 2.13 bits per heavy atom. The molecule has 2 amide bonds. The second kappa shape index (κ2) is 14.9. The molecule has 246 valence electrons. The van der Waals surface area contributed by atoms with Crippen molar-refractivity contribution in [3.8, 4) is 17.0 Å².